The molecule has 1 aliphatic heterocycles. The number of likely N-dealkylation sites (N-methyl/N-ethyl adjacent to an activating group) is 1. The Kier molecular flexibility index (Phi) is 6.15. The Hall–Kier alpha value is -3.52. The van der Waals surface area contributed by atoms with E-state index in [1.54, 1.807) is 6.33 Å². The van der Waals surface area contributed by atoms with Gasteiger partial charge in [-0.1, -0.05) is 38.1 Å². The lowest BCUT2D eigenvalue weighted by Crippen LogP contribution is -2.42. The van der Waals surface area contributed by atoms with Crippen molar-refractivity contribution in [2.45, 2.75) is 58.5 Å². The van der Waals surface area contributed by atoms with E-state index in [2.05, 4.69) is 71.6 Å². The Balaban J connectivity index is 1.44. The molecule has 0 saturated carbocycles. The van der Waals surface area contributed by atoms with Crippen LogP contribution in [0.3, 0.4) is 0 Å². The number of fused-ring (bicyclic) bond motifs is 1. The van der Waals surface area contributed by atoms with Crippen LogP contribution in [0.4, 0.5) is 0 Å². The predicted octanol–water partition coefficient (Wildman–Crippen LogP) is 4.49. The molecular formula is C27H33N7O. The fourth-order valence-electron chi connectivity index (χ4n) is 5.06. The maximum Gasteiger partial charge on any atom is 0.239 e. The maximum atomic E-state index is 12.8. The van der Waals surface area contributed by atoms with Crippen LogP contribution >= 0.6 is 0 Å². The molecule has 35 heavy (non-hydrogen) atoms. The number of aromatic nitrogens is 5. The van der Waals surface area contributed by atoms with Crippen LogP contribution in [-0.4, -0.2) is 55.2 Å². The van der Waals surface area contributed by atoms with Gasteiger partial charge in [0, 0.05) is 29.9 Å². The van der Waals surface area contributed by atoms with Gasteiger partial charge in [-0.05, 0) is 56.3 Å². The van der Waals surface area contributed by atoms with Crippen molar-refractivity contribution in [2.24, 2.45) is 0 Å². The zero-order chi connectivity index (χ0) is 24.7. The van der Waals surface area contributed by atoms with E-state index >= 15 is 0 Å². The Morgan fingerprint density at radius 2 is 1.94 bits per heavy atom. The van der Waals surface area contributed by atoms with Crippen molar-refractivity contribution in [3.8, 4) is 22.5 Å². The standard InChI is InChI=1S/C27H33N7O/c1-16(2)23-24(31-32-25(23)21-13-17(3)26-29-15-30-34(26)14-21)20-10-8-19(9-11-20)18(4)33(5)27(35)22-7-6-12-28-22/h8-11,13-16,18,22,28H,6-7,12H2,1-5H3,(H,31,32)/t18?,22-/m0/s1. The van der Waals surface area contributed by atoms with Crippen molar-refractivity contribution < 1.29 is 4.79 Å². The predicted molar refractivity (Wildman–Crippen MR) is 137 cm³/mol. The van der Waals surface area contributed by atoms with Gasteiger partial charge in [-0.2, -0.15) is 10.2 Å². The molecule has 1 amide bonds. The molecule has 1 saturated heterocycles. The molecule has 2 atom stereocenters. The average Bonchev–Trinajstić information content (AvgIpc) is 3.63. The molecule has 2 N–H and O–H groups in total. The fraction of sp³-hybridized carbons (Fsp3) is 0.407. The summed E-state index contributed by atoms with van der Waals surface area (Å²) in [7, 11) is 1.89. The number of amides is 1. The molecule has 5 rings (SSSR count). The third kappa shape index (κ3) is 4.23. The van der Waals surface area contributed by atoms with Crippen LogP contribution in [0, 0.1) is 6.92 Å². The van der Waals surface area contributed by atoms with Crippen molar-refractivity contribution in [1.29, 1.82) is 0 Å². The van der Waals surface area contributed by atoms with E-state index in [4.69, 9.17) is 5.10 Å². The Labute approximate surface area is 205 Å². The smallest absolute Gasteiger partial charge is 0.239 e. The summed E-state index contributed by atoms with van der Waals surface area (Å²) in [6.45, 7) is 9.42. The van der Waals surface area contributed by atoms with Gasteiger partial charge in [0.1, 0.15) is 6.33 Å². The molecule has 0 bridgehead atoms. The normalized spacial score (nSPS) is 16.8. The number of carbonyl (C=O) groups excluding carboxylic acids is 1. The van der Waals surface area contributed by atoms with E-state index in [9.17, 15) is 4.79 Å². The van der Waals surface area contributed by atoms with Crippen molar-refractivity contribution >= 4 is 11.6 Å². The Morgan fingerprint density at radius 1 is 1.17 bits per heavy atom. The number of nitrogens with one attached hydrogen (secondary N) is 2. The topological polar surface area (TPSA) is 91.2 Å². The SMILES string of the molecule is Cc1cc(-c2[nH]nc(-c3ccc(C(C)N(C)C(=O)[C@@H]4CCCN4)cc3)c2C(C)C)cn2ncnc12. The van der Waals surface area contributed by atoms with Crippen molar-refractivity contribution in [1.82, 2.24) is 35.0 Å². The van der Waals surface area contributed by atoms with Crippen LogP contribution in [0.2, 0.25) is 0 Å². The number of aryl methyl sites for hydroxylation is 1. The summed E-state index contributed by atoms with van der Waals surface area (Å²) < 4.78 is 1.81. The third-order valence-electron chi connectivity index (χ3n) is 7.18. The number of hydrogen-bond acceptors (Lipinski definition) is 5. The summed E-state index contributed by atoms with van der Waals surface area (Å²) in [5, 5.41) is 15.6. The number of aromatic amines is 1. The molecule has 4 heterocycles. The number of pyridine rings is 1. The molecule has 0 spiro atoms. The lowest BCUT2D eigenvalue weighted by Gasteiger charge is -2.28. The highest BCUT2D eigenvalue weighted by Gasteiger charge is 2.28. The number of H-pyrrole nitrogens is 1. The largest absolute Gasteiger partial charge is 0.338 e. The maximum absolute atomic E-state index is 12.8. The zero-order valence-corrected chi connectivity index (χ0v) is 21.0. The summed E-state index contributed by atoms with van der Waals surface area (Å²) in [5.74, 6) is 0.435. The monoisotopic (exact) mass is 471 g/mol. The van der Waals surface area contributed by atoms with Gasteiger partial charge < -0.3 is 10.2 Å². The molecule has 1 fully saturated rings. The first-order valence-electron chi connectivity index (χ1n) is 12.3. The van der Waals surface area contributed by atoms with Gasteiger partial charge in [-0.3, -0.25) is 9.89 Å². The van der Waals surface area contributed by atoms with Crippen LogP contribution in [0.15, 0.2) is 42.9 Å². The van der Waals surface area contributed by atoms with E-state index in [0.717, 1.165) is 58.7 Å². The summed E-state index contributed by atoms with van der Waals surface area (Å²) in [6, 6.07) is 10.5. The average molecular weight is 472 g/mol. The van der Waals surface area contributed by atoms with Gasteiger partial charge in [-0.25, -0.2) is 9.50 Å². The van der Waals surface area contributed by atoms with Crippen molar-refractivity contribution in [3.63, 3.8) is 0 Å². The molecule has 1 aromatic carbocycles. The first-order valence-corrected chi connectivity index (χ1v) is 12.3. The van der Waals surface area contributed by atoms with Crippen molar-refractivity contribution in [3.05, 3.63) is 59.5 Å². The van der Waals surface area contributed by atoms with E-state index in [0.29, 0.717) is 0 Å². The lowest BCUT2D eigenvalue weighted by molar-refractivity contribution is -0.133. The highest BCUT2D eigenvalue weighted by atomic mass is 16.2. The lowest BCUT2D eigenvalue weighted by atomic mass is 9.93. The van der Waals surface area contributed by atoms with Gasteiger partial charge in [0.2, 0.25) is 5.91 Å². The molecule has 4 aromatic rings. The second-order valence-corrected chi connectivity index (χ2v) is 9.85. The summed E-state index contributed by atoms with van der Waals surface area (Å²) >= 11 is 0. The third-order valence-corrected chi connectivity index (χ3v) is 7.18. The van der Waals surface area contributed by atoms with E-state index in [1.807, 2.05) is 29.6 Å². The van der Waals surface area contributed by atoms with E-state index in [-0.39, 0.29) is 23.9 Å². The first-order chi connectivity index (χ1) is 16.8. The molecule has 1 unspecified atom stereocenters. The van der Waals surface area contributed by atoms with Gasteiger partial charge in [0.05, 0.1) is 23.5 Å². The summed E-state index contributed by atoms with van der Waals surface area (Å²) in [4.78, 5) is 19.0. The minimum absolute atomic E-state index is 0.00403. The van der Waals surface area contributed by atoms with Crippen LogP contribution in [0.25, 0.3) is 28.2 Å². The van der Waals surface area contributed by atoms with Gasteiger partial charge in [0.15, 0.2) is 5.65 Å². The quantitative estimate of drug-likeness (QED) is 0.432. The summed E-state index contributed by atoms with van der Waals surface area (Å²) in [5.41, 5.74) is 8.24. The second kappa shape index (κ2) is 9.26. The molecular weight excluding hydrogens is 438 g/mol. The Bertz CT molecular complexity index is 1350. The highest BCUT2D eigenvalue weighted by molar-refractivity contribution is 5.82. The van der Waals surface area contributed by atoms with Crippen LogP contribution in [-0.2, 0) is 4.79 Å². The molecule has 8 nitrogen and oxygen atoms in total. The Morgan fingerprint density at radius 3 is 2.63 bits per heavy atom. The molecule has 8 heteroatoms. The van der Waals surface area contributed by atoms with Gasteiger partial charge in [0.25, 0.3) is 0 Å². The van der Waals surface area contributed by atoms with Gasteiger partial charge in [-0.15, -0.1) is 0 Å². The molecule has 0 radical (unpaired) electrons. The minimum Gasteiger partial charge on any atom is -0.338 e. The fourth-order valence-corrected chi connectivity index (χ4v) is 5.06. The molecule has 0 aliphatic carbocycles. The number of hydrogen-bond donors (Lipinski definition) is 2. The van der Waals surface area contributed by atoms with E-state index < -0.39 is 0 Å². The number of benzene rings is 1. The van der Waals surface area contributed by atoms with Crippen molar-refractivity contribution in [2.75, 3.05) is 13.6 Å². The molecule has 1 aliphatic rings. The van der Waals surface area contributed by atoms with E-state index in [1.165, 1.54) is 5.56 Å². The highest BCUT2D eigenvalue weighted by Crippen LogP contribution is 2.36. The second-order valence-electron chi connectivity index (χ2n) is 9.85. The zero-order valence-electron chi connectivity index (χ0n) is 21.0. The molecule has 3 aromatic heterocycles. The van der Waals surface area contributed by atoms with Crippen LogP contribution < -0.4 is 5.32 Å². The van der Waals surface area contributed by atoms with Gasteiger partial charge >= 0.3 is 0 Å². The van der Waals surface area contributed by atoms with Crippen LogP contribution in [0.5, 0.6) is 0 Å². The first kappa shape index (κ1) is 23.2. The number of rotatable bonds is 6. The minimum atomic E-state index is -0.0572. The molecule has 182 valence electrons. The number of carbonyl (C=O) groups is 1. The van der Waals surface area contributed by atoms with Crippen LogP contribution in [0.1, 0.15) is 62.3 Å². The number of nitrogens with zero attached hydrogens (tertiary/aromatic N) is 5. The summed E-state index contributed by atoms with van der Waals surface area (Å²) in [6.07, 6.45) is 5.54.